The molecule has 32 heavy (non-hydrogen) atoms. The van der Waals surface area contributed by atoms with Crippen LogP contribution in [0.2, 0.25) is 0 Å². The molecule has 11 heteroatoms. The Bertz CT molecular complexity index is 1010. The number of rotatable bonds is 5. The van der Waals surface area contributed by atoms with Gasteiger partial charge in [-0.1, -0.05) is 0 Å². The van der Waals surface area contributed by atoms with Gasteiger partial charge < -0.3 is 19.9 Å². The Kier molecular flexibility index (Phi) is 5.87. The second-order valence-electron chi connectivity index (χ2n) is 8.06. The fourth-order valence-electron chi connectivity index (χ4n) is 3.87. The highest BCUT2D eigenvalue weighted by molar-refractivity contribution is 8.00. The van der Waals surface area contributed by atoms with E-state index in [9.17, 15) is 18.0 Å². The van der Waals surface area contributed by atoms with Gasteiger partial charge in [-0.25, -0.2) is 4.98 Å². The first kappa shape index (κ1) is 22.5. The van der Waals surface area contributed by atoms with Crippen molar-refractivity contribution in [3.05, 3.63) is 30.0 Å². The molecule has 1 saturated carbocycles. The summed E-state index contributed by atoms with van der Waals surface area (Å²) in [5, 5.41) is 3.72. The molecule has 1 aromatic heterocycles. The molecule has 0 unspecified atom stereocenters. The van der Waals surface area contributed by atoms with Crippen molar-refractivity contribution in [1.82, 2.24) is 9.97 Å². The molecule has 1 amide bonds. The van der Waals surface area contributed by atoms with Gasteiger partial charge in [0.1, 0.15) is 17.5 Å². The van der Waals surface area contributed by atoms with E-state index in [4.69, 9.17) is 0 Å². The van der Waals surface area contributed by atoms with Gasteiger partial charge in [0.15, 0.2) is 5.82 Å². The number of benzene rings is 1. The molecule has 1 aliphatic heterocycles. The summed E-state index contributed by atoms with van der Waals surface area (Å²) in [5.74, 6) is 1.04. The lowest BCUT2D eigenvalue weighted by molar-refractivity contribution is -0.274. The number of ether oxygens (including phenoxy) is 1. The van der Waals surface area contributed by atoms with E-state index in [2.05, 4.69) is 20.0 Å². The number of nitrogens with one attached hydrogen (secondary N) is 1. The number of nitrogens with zero attached hydrogens (tertiary/aromatic N) is 4. The standard InChI is InChI=1S/C21H24F3N5O2S/c1-11-17-18(28(3)12(2)19(30)29(17)4)27-20(25-11)26-13-9-16(10-13)32-15-7-5-14(6-8-15)31-21(22,23)24/h5-8,12-13,16H,9-10H2,1-4H3,(H,25,26,27)/t12-,13?,16?/m0/s1. The highest BCUT2D eigenvalue weighted by Crippen LogP contribution is 2.40. The van der Waals surface area contributed by atoms with Crippen molar-refractivity contribution in [2.24, 2.45) is 0 Å². The van der Waals surface area contributed by atoms with Gasteiger partial charge in [0.05, 0.1) is 5.69 Å². The van der Waals surface area contributed by atoms with Crippen LogP contribution in [0.4, 0.5) is 30.6 Å². The summed E-state index contributed by atoms with van der Waals surface area (Å²) < 4.78 is 40.7. The third-order valence-corrected chi connectivity index (χ3v) is 7.03. The Morgan fingerprint density at radius 3 is 2.44 bits per heavy atom. The summed E-state index contributed by atoms with van der Waals surface area (Å²) in [6.07, 6.45) is -2.92. The second kappa shape index (κ2) is 8.34. The zero-order valence-corrected chi connectivity index (χ0v) is 18.9. The molecule has 1 atom stereocenters. The Morgan fingerprint density at radius 2 is 1.81 bits per heavy atom. The van der Waals surface area contributed by atoms with E-state index < -0.39 is 6.36 Å². The van der Waals surface area contributed by atoms with Crippen LogP contribution >= 0.6 is 11.8 Å². The lowest BCUT2D eigenvalue weighted by atomic mass is 9.92. The van der Waals surface area contributed by atoms with E-state index in [-0.39, 0.29) is 23.7 Å². The van der Waals surface area contributed by atoms with E-state index in [0.717, 1.165) is 34.9 Å². The number of carbonyl (C=O) groups is 1. The van der Waals surface area contributed by atoms with Crippen LogP contribution in [0.3, 0.4) is 0 Å². The smallest absolute Gasteiger partial charge is 0.406 e. The molecule has 0 radical (unpaired) electrons. The maximum absolute atomic E-state index is 12.4. The number of aryl methyl sites for hydroxylation is 1. The normalized spacial score (nSPS) is 23.0. The van der Waals surface area contributed by atoms with Gasteiger partial charge in [0.2, 0.25) is 11.9 Å². The first-order valence-electron chi connectivity index (χ1n) is 10.2. The number of hydrogen-bond donors (Lipinski definition) is 1. The average molecular weight is 468 g/mol. The lowest BCUT2D eigenvalue weighted by Gasteiger charge is -2.38. The first-order chi connectivity index (χ1) is 15.0. The third-order valence-electron chi connectivity index (χ3n) is 5.77. The summed E-state index contributed by atoms with van der Waals surface area (Å²) in [6.45, 7) is 3.72. The highest BCUT2D eigenvalue weighted by Gasteiger charge is 2.36. The largest absolute Gasteiger partial charge is 0.573 e. The number of hydrogen-bond acceptors (Lipinski definition) is 7. The van der Waals surface area contributed by atoms with Gasteiger partial charge in [-0.3, -0.25) is 4.79 Å². The van der Waals surface area contributed by atoms with E-state index in [0.29, 0.717) is 11.2 Å². The van der Waals surface area contributed by atoms with Gasteiger partial charge in [-0.15, -0.1) is 24.9 Å². The summed E-state index contributed by atoms with van der Waals surface area (Å²) in [4.78, 5) is 26.0. The molecule has 1 N–H and O–H groups in total. The van der Waals surface area contributed by atoms with Crippen molar-refractivity contribution in [3.8, 4) is 5.75 Å². The van der Waals surface area contributed by atoms with Crippen molar-refractivity contribution in [2.45, 2.75) is 55.3 Å². The lowest BCUT2D eigenvalue weighted by Crippen LogP contribution is -2.50. The monoisotopic (exact) mass is 467 g/mol. The molecule has 1 fully saturated rings. The minimum Gasteiger partial charge on any atom is -0.406 e. The molecule has 2 heterocycles. The molecule has 7 nitrogen and oxygen atoms in total. The van der Waals surface area contributed by atoms with Crippen LogP contribution in [-0.4, -0.2) is 53.7 Å². The number of alkyl halides is 3. The molecule has 1 aliphatic carbocycles. The van der Waals surface area contributed by atoms with Crippen molar-refractivity contribution in [3.63, 3.8) is 0 Å². The number of anilines is 3. The minimum atomic E-state index is -4.68. The molecule has 0 bridgehead atoms. The van der Waals surface area contributed by atoms with Gasteiger partial charge in [-0.05, 0) is 51.0 Å². The number of fused-ring (bicyclic) bond motifs is 1. The zero-order valence-electron chi connectivity index (χ0n) is 18.1. The maximum atomic E-state index is 12.4. The van der Waals surface area contributed by atoms with Crippen molar-refractivity contribution >= 4 is 35.1 Å². The molecule has 2 aliphatic rings. The predicted octanol–water partition coefficient (Wildman–Crippen LogP) is 4.22. The van der Waals surface area contributed by atoms with E-state index >= 15 is 0 Å². The number of carbonyl (C=O) groups excluding carboxylic acids is 1. The quantitative estimate of drug-likeness (QED) is 0.706. The van der Waals surface area contributed by atoms with Gasteiger partial charge in [-0.2, -0.15) is 4.98 Å². The second-order valence-corrected chi connectivity index (χ2v) is 9.43. The SMILES string of the molecule is Cc1nc(NC2CC(Sc3ccc(OC(F)(F)F)cc3)C2)nc2c1N(C)C(=O)[C@H](C)N2C. The Labute approximate surface area is 188 Å². The number of amides is 1. The topological polar surface area (TPSA) is 70.6 Å². The summed E-state index contributed by atoms with van der Waals surface area (Å²) in [7, 11) is 3.59. The summed E-state index contributed by atoms with van der Waals surface area (Å²) >= 11 is 1.63. The van der Waals surface area contributed by atoms with Crippen LogP contribution in [0.15, 0.2) is 29.2 Å². The number of aromatic nitrogens is 2. The van der Waals surface area contributed by atoms with Crippen LogP contribution in [0.5, 0.6) is 5.75 Å². The van der Waals surface area contributed by atoms with E-state index in [1.54, 1.807) is 35.8 Å². The minimum absolute atomic E-state index is 0.00395. The first-order valence-corrected chi connectivity index (χ1v) is 11.1. The van der Waals surface area contributed by atoms with Crippen LogP contribution in [0, 0.1) is 6.92 Å². The molecule has 0 saturated heterocycles. The van der Waals surface area contributed by atoms with Gasteiger partial charge in [0, 0.05) is 30.3 Å². The van der Waals surface area contributed by atoms with Gasteiger partial charge >= 0.3 is 6.36 Å². The fraction of sp³-hybridized carbons (Fsp3) is 0.476. The highest BCUT2D eigenvalue weighted by atomic mass is 32.2. The van der Waals surface area contributed by atoms with Gasteiger partial charge in [0.25, 0.3) is 0 Å². The Balaban J connectivity index is 1.35. The molecular weight excluding hydrogens is 443 g/mol. The number of likely N-dealkylation sites (N-methyl/N-ethyl adjacent to an activating group) is 2. The molecule has 2 aromatic rings. The van der Waals surface area contributed by atoms with Crippen molar-refractivity contribution < 1.29 is 22.7 Å². The number of halogens is 3. The Morgan fingerprint density at radius 1 is 1.16 bits per heavy atom. The Hall–Kier alpha value is -2.69. The zero-order chi connectivity index (χ0) is 23.2. The van der Waals surface area contributed by atoms with Crippen LogP contribution in [-0.2, 0) is 4.79 Å². The van der Waals surface area contributed by atoms with Crippen LogP contribution < -0.4 is 19.9 Å². The van der Waals surface area contributed by atoms with Crippen molar-refractivity contribution in [2.75, 3.05) is 29.2 Å². The average Bonchev–Trinajstić information content (AvgIpc) is 2.69. The maximum Gasteiger partial charge on any atom is 0.573 e. The van der Waals surface area contributed by atoms with E-state index in [1.807, 2.05) is 25.8 Å². The molecule has 172 valence electrons. The van der Waals surface area contributed by atoms with Crippen LogP contribution in [0.25, 0.3) is 0 Å². The fourth-order valence-corrected chi connectivity index (χ4v) is 5.20. The van der Waals surface area contributed by atoms with Crippen LogP contribution in [0.1, 0.15) is 25.5 Å². The molecular formula is C21H24F3N5O2S. The number of thioether (sulfide) groups is 1. The molecule has 4 rings (SSSR count). The third kappa shape index (κ3) is 4.57. The van der Waals surface area contributed by atoms with Crippen molar-refractivity contribution in [1.29, 1.82) is 0 Å². The predicted molar refractivity (Wildman–Crippen MR) is 117 cm³/mol. The molecule has 0 spiro atoms. The summed E-state index contributed by atoms with van der Waals surface area (Å²) in [6, 6.07) is 5.84. The summed E-state index contributed by atoms with van der Waals surface area (Å²) in [5.41, 5.74) is 1.46. The van der Waals surface area contributed by atoms with E-state index in [1.165, 1.54) is 12.1 Å². The molecule has 1 aromatic carbocycles.